The number of amides is 1. The Bertz CT molecular complexity index is 1200. The highest BCUT2D eigenvalue weighted by Gasteiger charge is 2.18. The van der Waals surface area contributed by atoms with Gasteiger partial charge in [0, 0.05) is 37.4 Å². The summed E-state index contributed by atoms with van der Waals surface area (Å²) in [6, 6.07) is 24.7. The normalized spacial score (nSPS) is 12.8. The number of aryl methyl sites for hydroxylation is 1. The standard InChI is InChI=1S/C26H26N4O/c31-26(27-15-5-16-30-19-28-23-7-2-4-9-25(23)30)22-12-10-20(11-13-22)18-29-17-14-21-6-1-3-8-24(21)29/h1-4,6-13,19H,5,14-18H2,(H,27,31). The summed E-state index contributed by atoms with van der Waals surface area (Å²) in [6.07, 6.45) is 3.83. The predicted octanol–water partition coefficient (Wildman–Crippen LogP) is 4.42. The van der Waals surface area contributed by atoms with Gasteiger partial charge in [0.05, 0.1) is 17.4 Å². The van der Waals surface area contributed by atoms with Gasteiger partial charge in [-0.05, 0) is 54.3 Å². The van der Waals surface area contributed by atoms with E-state index >= 15 is 0 Å². The number of benzene rings is 3. The van der Waals surface area contributed by atoms with Gasteiger partial charge in [-0.15, -0.1) is 0 Å². The van der Waals surface area contributed by atoms with Crippen LogP contribution in [0.25, 0.3) is 11.0 Å². The van der Waals surface area contributed by atoms with Crippen molar-refractivity contribution >= 4 is 22.6 Å². The van der Waals surface area contributed by atoms with Crippen LogP contribution in [-0.4, -0.2) is 28.5 Å². The summed E-state index contributed by atoms with van der Waals surface area (Å²) in [6.45, 7) is 3.39. The van der Waals surface area contributed by atoms with E-state index < -0.39 is 0 Å². The first-order valence-corrected chi connectivity index (χ1v) is 10.9. The number of imidazole rings is 1. The van der Waals surface area contributed by atoms with E-state index in [1.165, 1.54) is 16.8 Å². The molecule has 1 N–H and O–H groups in total. The van der Waals surface area contributed by atoms with Gasteiger partial charge in [-0.25, -0.2) is 4.98 Å². The number of fused-ring (bicyclic) bond motifs is 2. The highest BCUT2D eigenvalue weighted by atomic mass is 16.1. The van der Waals surface area contributed by atoms with Crippen LogP contribution in [0.5, 0.6) is 0 Å². The van der Waals surface area contributed by atoms with Crippen molar-refractivity contribution in [3.63, 3.8) is 0 Å². The van der Waals surface area contributed by atoms with Gasteiger partial charge < -0.3 is 14.8 Å². The molecule has 1 aromatic heterocycles. The van der Waals surface area contributed by atoms with Crippen LogP contribution in [0.4, 0.5) is 5.69 Å². The lowest BCUT2D eigenvalue weighted by Crippen LogP contribution is -2.25. The molecule has 1 aliphatic heterocycles. The number of para-hydroxylation sites is 3. The molecule has 156 valence electrons. The first kappa shape index (κ1) is 19.4. The molecule has 3 aromatic carbocycles. The first-order valence-electron chi connectivity index (χ1n) is 10.9. The summed E-state index contributed by atoms with van der Waals surface area (Å²) in [4.78, 5) is 19.3. The van der Waals surface area contributed by atoms with E-state index in [1.54, 1.807) is 0 Å². The Kier molecular flexibility index (Phi) is 5.40. The molecule has 2 heterocycles. The second-order valence-corrected chi connectivity index (χ2v) is 8.03. The zero-order valence-corrected chi connectivity index (χ0v) is 17.5. The van der Waals surface area contributed by atoms with Crippen LogP contribution in [0.3, 0.4) is 0 Å². The number of rotatable bonds is 7. The second-order valence-electron chi connectivity index (χ2n) is 8.03. The maximum absolute atomic E-state index is 12.5. The lowest BCUT2D eigenvalue weighted by molar-refractivity contribution is 0.0953. The molecule has 5 rings (SSSR count). The Hall–Kier alpha value is -3.60. The van der Waals surface area contributed by atoms with Crippen molar-refractivity contribution in [1.82, 2.24) is 14.9 Å². The van der Waals surface area contributed by atoms with Crippen molar-refractivity contribution in [3.8, 4) is 0 Å². The first-order chi connectivity index (χ1) is 15.3. The number of nitrogens with zero attached hydrogens (tertiary/aromatic N) is 3. The topological polar surface area (TPSA) is 50.2 Å². The SMILES string of the molecule is O=C(NCCCn1cnc2ccccc21)c1ccc(CN2CCc3ccccc32)cc1. The Labute approximate surface area is 182 Å². The predicted molar refractivity (Wildman–Crippen MR) is 124 cm³/mol. The lowest BCUT2D eigenvalue weighted by Gasteiger charge is -2.19. The highest BCUT2D eigenvalue weighted by molar-refractivity contribution is 5.94. The van der Waals surface area contributed by atoms with Crippen molar-refractivity contribution in [3.05, 3.63) is 95.8 Å². The summed E-state index contributed by atoms with van der Waals surface area (Å²) >= 11 is 0. The minimum Gasteiger partial charge on any atom is -0.367 e. The number of carbonyl (C=O) groups is 1. The average Bonchev–Trinajstić information content (AvgIpc) is 3.41. The number of aromatic nitrogens is 2. The number of hydrogen-bond donors (Lipinski definition) is 1. The van der Waals surface area contributed by atoms with E-state index in [0.717, 1.165) is 43.5 Å². The summed E-state index contributed by atoms with van der Waals surface area (Å²) in [7, 11) is 0. The fourth-order valence-electron chi connectivity index (χ4n) is 4.29. The molecule has 0 fully saturated rings. The summed E-state index contributed by atoms with van der Waals surface area (Å²) in [5.41, 5.74) is 6.81. The van der Waals surface area contributed by atoms with E-state index in [4.69, 9.17) is 0 Å². The van der Waals surface area contributed by atoms with Crippen molar-refractivity contribution in [2.45, 2.75) is 25.9 Å². The molecule has 5 nitrogen and oxygen atoms in total. The highest BCUT2D eigenvalue weighted by Crippen LogP contribution is 2.28. The minimum atomic E-state index is -0.0199. The maximum atomic E-state index is 12.5. The minimum absolute atomic E-state index is 0.0199. The molecule has 0 spiro atoms. The molecule has 0 aliphatic carbocycles. The molecule has 1 amide bonds. The number of nitrogens with one attached hydrogen (secondary N) is 1. The van der Waals surface area contributed by atoms with Crippen molar-refractivity contribution in [1.29, 1.82) is 0 Å². The van der Waals surface area contributed by atoms with Crippen LogP contribution in [0.15, 0.2) is 79.1 Å². The van der Waals surface area contributed by atoms with Crippen LogP contribution >= 0.6 is 0 Å². The quantitative estimate of drug-likeness (QED) is 0.459. The van der Waals surface area contributed by atoms with Gasteiger partial charge in [0.1, 0.15) is 0 Å². The van der Waals surface area contributed by atoms with Gasteiger partial charge in [-0.3, -0.25) is 4.79 Å². The largest absolute Gasteiger partial charge is 0.367 e. The monoisotopic (exact) mass is 410 g/mol. The molecule has 1 aliphatic rings. The maximum Gasteiger partial charge on any atom is 0.251 e. The van der Waals surface area contributed by atoms with Crippen molar-refractivity contribution in [2.24, 2.45) is 0 Å². The fourth-order valence-corrected chi connectivity index (χ4v) is 4.29. The van der Waals surface area contributed by atoms with E-state index in [1.807, 2.05) is 36.7 Å². The van der Waals surface area contributed by atoms with Crippen LogP contribution in [-0.2, 0) is 19.5 Å². The second kappa shape index (κ2) is 8.64. The zero-order valence-electron chi connectivity index (χ0n) is 17.5. The smallest absolute Gasteiger partial charge is 0.251 e. The number of hydrogen-bond acceptors (Lipinski definition) is 3. The molecule has 4 aromatic rings. The van der Waals surface area contributed by atoms with Crippen LogP contribution in [0, 0.1) is 0 Å². The molecule has 31 heavy (non-hydrogen) atoms. The molecule has 5 heteroatoms. The van der Waals surface area contributed by atoms with E-state index in [9.17, 15) is 4.79 Å². The lowest BCUT2D eigenvalue weighted by atomic mass is 10.1. The Morgan fingerprint density at radius 3 is 2.68 bits per heavy atom. The molecular formula is C26H26N4O. The van der Waals surface area contributed by atoms with Crippen molar-refractivity contribution in [2.75, 3.05) is 18.0 Å². The van der Waals surface area contributed by atoms with Crippen LogP contribution in [0.2, 0.25) is 0 Å². The Balaban J connectivity index is 1.12. The average molecular weight is 411 g/mol. The van der Waals surface area contributed by atoms with Gasteiger partial charge in [0.15, 0.2) is 0 Å². The molecule has 0 atom stereocenters. The van der Waals surface area contributed by atoms with E-state index in [0.29, 0.717) is 12.1 Å². The third-order valence-corrected chi connectivity index (χ3v) is 5.96. The Morgan fingerprint density at radius 2 is 1.77 bits per heavy atom. The van der Waals surface area contributed by atoms with Crippen LogP contribution in [0.1, 0.15) is 27.9 Å². The zero-order chi connectivity index (χ0) is 21.0. The summed E-state index contributed by atoms with van der Waals surface area (Å²) in [5.74, 6) is -0.0199. The van der Waals surface area contributed by atoms with Gasteiger partial charge in [0.25, 0.3) is 5.91 Å². The Morgan fingerprint density at radius 1 is 0.968 bits per heavy atom. The van der Waals surface area contributed by atoms with E-state index in [-0.39, 0.29) is 5.91 Å². The number of carbonyl (C=O) groups excluding carboxylic acids is 1. The summed E-state index contributed by atoms with van der Waals surface area (Å²) in [5, 5.41) is 3.03. The van der Waals surface area contributed by atoms with Crippen LogP contribution < -0.4 is 10.2 Å². The van der Waals surface area contributed by atoms with Gasteiger partial charge >= 0.3 is 0 Å². The van der Waals surface area contributed by atoms with E-state index in [2.05, 4.69) is 62.2 Å². The molecule has 0 bridgehead atoms. The third kappa shape index (κ3) is 4.17. The molecular weight excluding hydrogens is 384 g/mol. The summed E-state index contributed by atoms with van der Waals surface area (Å²) < 4.78 is 2.13. The molecule has 0 saturated carbocycles. The van der Waals surface area contributed by atoms with Crippen molar-refractivity contribution < 1.29 is 4.79 Å². The molecule has 0 unspecified atom stereocenters. The fraction of sp³-hybridized carbons (Fsp3) is 0.231. The third-order valence-electron chi connectivity index (χ3n) is 5.96. The van der Waals surface area contributed by atoms with Gasteiger partial charge in [0.2, 0.25) is 0 Å². The van der Waals surface area contributed by atoms with Gasteiger partial charge in [-0.1, -0.05) is 42.5 Å². The van der Waals surface area contributed by atoms with Gasteiger partial charge in [-0.2, -0.15) is 0 Å². The molecule has 0 saturated heterocycles. The number of anilines is 1. The molecule has 0 radical (unpaired) electrons.